The lowest BCUT2D eigenvalue weighted by Crippen LogP contribution is -2.40. The maximum absolute atomic E-state index is 9.40. The molecule has 0 saturated carbocycles. The summed E-state index contributed by atoms with van der Waals surface area (Å²) in [6, 6.07) is 3.31. The van der Waals surface area contributed by atoms with E-state index in [1.54, 1.807) is 26.0 Å². The van der Waals surface area contributed by atoms with E-state index in [1.807, 2.05) is 0 Å². The molecule has 1 aromatic heterocycles. The maximum atomic E-state index is 9.40. The molecule has 2 unspecified atom stereocenters. The SMILES string of the molecule is CC(O)N(c1ccc(N)cn1)C(C)O. The Hall–Kier alpha value is -1.33. The zero-order valence-electron chi connectivity index (χ0n) is 8.25. The van der Waals surface area contributed by atoms with Crippen LogP contribution in [0.25, 0.3) is 0 Å². The van der Waals surface area contributed by atoms with Crippen molar-refractivity contribution in [2.75, 3.05) is 10.6 Å². The van der Waals surface area contributed by atoms with Crippen LogP contribution in [0.2, 0.25) is 0 Å². The Bertz CT molecular complexity index is 277. The zero-order valence-corrected chi connectivity index (χ0v) is 8.25. The van der Waals surface area contributed by atoms with E-state index in [-0.39, 0.29) is 0 Å². The Labute approximate surface area is 82.8 Å². The summed E-state index contributed by atoms with van der Waals surface area (Å²) in [5.41, 5.74) is 6.02. The van der Waals surface area contributed by atoms with Crippen molar-refractivity contribution in [3.05, 3.63) is 18.3 Å². The molecule has 14 heavy (non-hydrogen) atoms. The van der Waals surface area contributed by atoms with Crippen molar-refractivity contribution in [3.63, 3.8) is 0 Å². The highest BCUT2D eigenvalue weighted by atomic mass is 16.3. The monoisotopic (exact) mass is 197 g/mol. The molecule has 0 bridgehead atoms. The van der Waals surface area contributed by atoms with Crippen LogP contribution in [0.3, 0.4) is 0 Å². The van der Waals surface area contributed by atoms with Crippen LogP contribution in [-0.4, -0.2) is 27.7 Å². The van der Waals surface area contributed by atoms with E-state index in [1.165, 1.54) is 11.1 Å². The quantitative estimate of drug-likeness (QED) is 0.601. The van der Waals surface area contributed by atoms with Crippen LogP contribution < -0.4 is 10.6 Å². The average molecular weight is 197 g/mol. The van der Waals surface area contributed by atoms with E-state index in [9.17, 15) is 10.2 Å². The van der Waals surface area contributed by atoms with Gasteiger partial charge in [0, 0.05) is 0 Å². The number of hydrogen-bond acceptors (Lipinski definition) is 5. The number of aromatic nitrogens is 1. The number of aliphatic hydroxyl groups excluding tert-OH is 2. The molecule has 5 nitrogen and oxygen atoms in total. The Morgan fingerprint density at radius 3 is 2.21 bits per heavy atom. The van der Waals surface area contributed by atoms with Gasteiger partial charge in [-0.15, -0.1) is 0 Å². The van der Waals surface area contributed by atoms with Gasteiger partial charge in [-0.3, -0.25) is 0 Å². The summed E-state index contributed by atoms with van der Waals surface area (Å²) in [6.07, 6.45) is -0.121. The van der Waals surface area contributed by atoms with Gasteiger partial charge in [-0.05, 0) is 26.0 Å². The first-order valence-electron chi connectivity index (χ1n) is 4.38. The van der Waals surface area contributed by atoms with E-state index in [4.69, 9.17) is 5.73 Å². The van der Waals surface area contributed by atoms with Crippen molar-refractivity contribution >= 4 is 11.5 Å². The van der Waals surface area contributed by atoms with Crippen LogP contribution in [0.4, 0.5) is 11.5 Å². The van der Waals surface area contributed by atoms with Gasteiger partial charge in [0.2, 0.25) is 0 Å². The molecule has 4 N–H and O–H groups in total. The first-order valence-corrected chi connectivity index (χ1v) is 4.38. The molecule has 1 rings (SSSR count). The lowest BCUT2D eigenvalue weighted by atomic mass is 10.3. The van der Waals surface area contributed by atoms with Gasteiger partial charge in [0.15, 0.2) is 0 Å². The second-order valence-electron chi connectivity index (χ2n) is 3.12. The molecule has 0 aliphatic heterocycles. The highest BCUT2D eigenvalue weighted by molar-refractivity contribution is 5.46. The molecule has 0 aliphatic carbocycles. The van der Waals surface area contributed by atoms with Crippen molar-refractivity contribution in [1.29, 1.82) is 0 Å². The summed E-state index contributed by atoms with van der Waals surface area (Å²) < 4.78 is 0. The number of rotatable bonds is 3. The highest BCUT2D eigenvalue weighted by Gasteiger charge is 2.17. The van der Waals surface area contributed by atoms with Gasteiger partial charge in [0.1, 0.15) is 18.3 Å². The standard InChI is InChI=1S/C9H15N3O2/c1-6(13)12(7(2)14)9-4-3-8(10)5-11-9/h3-7,13-14H,10H2,1-2H3. The Kier molecular flexibility index (Phi) is 3.27. The predicted octanol–water partition coefficient (Wildman–Crippen LogP) is 0.147. The predicted molar refractivity (Wildman–Crippen MR) is 54.5 cm³/mol. The van der Waals surface area contributed by atoms with Gasteiger partial charge in [-0.1, -0.05) is 0 Å². The molecule has 1 heterocycles. The van der Waals surface area contributed by atoms with E-state index < -0.39 is 12.5 Å². The van der Waals surface area contributed by atoms with Gasteiger partial charge < -0.3 is 20.8 Å². The fraction of sp³-hybridized carbons (Fsp3) is 0.444. The fourth-order valence-electron chi connectivity index (χ4n) is 1.25. The first-order chi connectivity index (χ1) is 6.52. The zero-order chi connectivity index (χ0) is 10.7. The third-order valence-corrected chi connectivity index (χ3v) is 1.84. The summed E-state index contributed by atoms with van der Waals surface area (Å²) in [4.78, 5) is 5.38. The summed E-state index contributed by atoms with van der Waals surface area (Å²) in [5, 5.41) is 18.8. The molecule has 0 radical (unpaired) electrons. The molecule has 0 fully saturated rings. The first kappa shape index (κ1) is 10.7. The number of nitrogens with zero attached hydrogens (tertiary/aromatic N) is 2. The molecule has 0 amide bonds. The highest BCUT2D eigenvalue weighted by Crippen LogP contribution is 2.16. The molecule has 0 saturated heterocycles. The minimum Gasteiger partial charge on any atom is -0.397 e. The average Bonchev–Trinajstić information content (AvgIpc) is 2.07. The molecular weight excluding hydrogens is 182 g/mol. The maximum Gasteiger partial charge on any atom is 0.132 e. The lowest BCUT2D eigenvalue weighted by Gasteiger charge is -2.29. The van der Waals surface area contributed by atoms with Gasteiger partial charge in [0.25, 0.3) is 0 Å². The Morgan fingerprint density at radius 2 is 1.86 bits per heavy atom. The molecule has 0 spiro atoms. The second-order valence-corrected chi connectivity index (χ2v) is 3.12. The van der Waals surface area contributed by atoms with Crippen LogP contribution in [-0.2, 0) is 0 Å². The topological polar surface area (TPSA) is 82.6 Å². The van der Waals surface area contributed by atoms with Gasteiger partial charge in [-0.2, -0.15) is 0 Å². The molecule has 0 aromatic carbocycles. The van der Waals surface area contributed by atoms with Gasteiger partial charge in [0.05, 0.1) is 11.9 Å². The molecule has 2 atom stereocenters. The summed E-state index contributed by atoms with van der Waals surface area (Å²) in [5.74, 6) is 0.490. The fourth-order valence-corrected chi connectivity index (χ4v) is 1.25. The number of anilines is 2. The van der Waals surface area contributed by atoms with E-state index >= 15 is 0 Å². The third-order valence-electron chi connectivity index (χ3n) is 1.84. The van der Waals surface area contributed by atoms with Crippen LogP contribution in [0, 0.1) is 0 Å². The Morgan fingerprint density at radius 1 is 1.29 bits per heavy atom. The second kappa shape index (κ2) is 4.26. The largest absolute Gasteiger partial charge is 0.397 e. The molecule has 0 aliphatic rings. The van der Waals surface area contributed by atoms with Crippen LogP contribution in [0.1, 0.15) is 13.8 Å². The molecule has 5 heteroatoms. The van der Waals surface area contributed by atoms with Crippen LogP contribution in [0.5, 0.6) is 0 Å². The third kappa shape index (κ3) is 2.34. The van der Waals surface area contributed by atoms with Crippen molar-refractivity contribution in [1.82, 2.24) is 4.98 Å². The van der Waals surface area contributed by atoms with Crippen molar-refractivity contribution in [2.24, 2.45) is 0 Å². The van der Waals surface area contributed by atoms with Crippen molar-refractivity contribution in [2.45, 2.75) is 26.3 Å². The summed E-state index contributed by atoms with van der Waals surface area (Å²) >= 11 is 0. The Balaban J connectivity index is 2.94. The normalized spacial score (nSPS) is 14.9. The van der Waals surface area contributed by atoms with Gasteiger partial charge >= 0.3 is 0 Å². The number of aliphatic hydroxyl groups is 2. The van der Waals surface area contributed by atoms with Crippen molar-refractivity contribution in [3.8, 4) is 0 Å². The van der Waals surface area contributed by atoms with E-state index in [0.717, 1.165) is 0 Å². The number of nitrogen functional groups attached to an aromatic ring is 1. The van der Waals surface area contributed by atoms with Crippen LogP contribution >= 0.6 is 0 Å². The van der Waals surface area contributed by atoms with Gasteiger partial charge in [-0.25, -0.2) is 4.98 Å². The van der Waals surface area contributed by atoms with Crippen molar-refractivity contribution < 1.29 is 10.2 Å². The molecular formula is C9H15N3O2. The van der Waals surface area contributed by atoms with Crippen LogP contribution in [0.15, 0.2) is 18.3 Å². The smallest absolute Gasteiger partial charge is 0.132 e. The lowest BCUT2D eigenvalue weighted by molar-refractivity contribution is 0.104. The number of nitrogens with two attached hydrogens (primary N) is 1. The number of pyridine rings is 1. The number of hydrogen-bond donors (Lipinski definition) is 3. The minimum atomic E-state index is -0.800. The molecule has 1 aromatic rings. The van der Waals surface area contributed by atoms with E-state index in [2.05, 4.69) is 4.98 Å². The molecule has 78 valence electrons. The summed E-state index contributed by atoms with van der Waals surface area (Å²) in [7, 11) is 0. The minimum absolute atomic E-state index is 0.490. The summed E-state index contributed by atoms with van der Waals surface area (Å²) in [6.45, 7) is 3.12. The van der Waals surface area contributed by atoms with E-state index in [0.29, 0.717) is 11.5 Å².